The highest BCUT2D eigenvalue weighted by Gasteiger charge is 2.41. The molecule has 3 saturated heterocycles. The molecule has 176 valence electrons. The van der Waals surface area contributed by atoms with Crippen LogP contribution in [0.15, 0.2) is 18.2 Å². The van der Waals surface area contributed by atoms with Crippen molar-refractivity contribution in [1.29, 1.82) is 0 Å². The Kier molecular flexibility index (Phi) is 7.01. The fraction of sp³-hybridized carbons (Fsp3) is 0.720. The van der Waals surface area contributed by atoms with Crippen molar-refractivity contribution in [3.05, 3.63) is 33.8 Å². The Bertz CT molecular complexity index is 821. The van der Waals surface area contributed by atoms with Gasteiger partial charge in [0.25, 0.3) is 0 Å². The lowest BCUT2D eigenvalue weighted by atomic mass is 9.71. The third-order valence-corrected chi connectivity index (χ3v) is 8.77. The Morgan fingerprint density at radius 2 is 1.88 bits per heavy atom. The Morgan fingerprint density at radius 1 is 1.09 bits per heavy atom. The van der Waals surface area contributed by atoms with Crippen molar-refractivity contribution in [2.75, 3.05) is 59.0 Å². The molecule has 32 heavy (non-hydrogen) atoms. The number of rotatable bonds is 7. The molecule has 1 saturated carbocycles. The largest absolute Gasteiger partial charge is 0.379 e. The van der Waals surface area contributed by atoms with Crippen LogP contribution in [-0.2, 0) is 14.9 Å². The highest BCUT2D eigenvalue weighted by molar-refractivity contribution is 6.42. The minimum Gasteiger partial charge on any atom is -0.379 e. The molecule has 1 aromatic carbocycles. The van der Waals surface area contributed by atoms with E-state index in [2.05, 4.69) is 20.8 Å². The summed E-state index contributed by atoms with van der Waals surface area (Å²) < 4.78 is 5.50. The second-order valence-electron chi connectivity index (χ2n) is 10.3. The zero-order chi connectivity index (χ0) is 22.1. The Hall–Kier alpha value is -0.850. The minimum absolute atomic E-state index is 0.0459. The van der Waals surface area contributed by atoms with Crippen LogP contribution in [0.25, 0.3) is 0 Å². The number of nitrogens with zero attached hydrogens (tertiary/aromatic N) is 3. The lowest BCUT2D eigenvalue weighted by Crippen LogP contribution is -2.62. The number of carbonyl (C=O) groups excluding carboxylic acids is 1. The number of hydrogen-bond acceptors (Lipinski definition) is 4. The smallest absolute Gasteiger partial charge is 0.222 e. The molecule has 1 atom stereocenters. The molecule has 1 aromatic rings. The maximum absolute atomic E-state index is 13.0. The van der Waals surface area contributed by atoms with E-state index in [0.717, 1.165) is 84.7 Å². The second kappa shape index (κ2) is 9.79. The van der Waals surface area contributed by atoms with Crippen LogP contribution < -0.4 is 0 Å². The standard InChI is InChI=1S/C25H35Cl2N3O2/c26-22-5-4-20(15-23(22)27)25(6-1-8-30(18-25)24(31)14-19-2-3-19)7-9-28-16-21(17-28)29-10-12-32-13-11-29/h4-5,15,19,21H,1-3,6-14,16-18H2/t25-/m1/s1. The molecule has 1 aliphatic carbocycles. The van der Waals surface area contributed by atoms with E-state index < -0.39 is 0 Å². The minimum atomic E-state index is -0.0459. The van der Waals surface area contributed by atoms with Crippen LogP contribution in [0.2, 0.25) is 10.0 Å². The molecule has 4 aliphatic rings. The quantitative estimate of drug-likeness (QED) is 0.590. The molecule has 0 bridgehead atoms. The van der Waals surface area contributed by atoms with Gasteiger partial charge in [0.1, 0.15) is 0 Å². The molecule has 0 unspecified atom stereocenters. The summed E-state index contributed by atoms with van der Waals surface area (Å²) in [6, 6.07) is 6.77. The highest BCUT2D eigenvalue weighted by atomic mass is 35.5. The predicted molar refractivity (Wildman–Crippen MR) is 129 cm³/mol. The lowest BCUT2D eigenvalue weighted by molar-refractivity contribution is -0.134. The number of piperidine rings is 1. The van der Waals surface area contributed by atoms with E-state index in [0.29, 0.717) is 27.9 Å². The maximum Gasteiger partial charge on any atom is 0.222 e. The molecule has 3 aliphatic heterocycles. The fourth-order valence-electron chi connectivity index (χ4n) is 5.72. The topological polar surface area (TPSA) is 36.0 Å². The number of hydrogen-bond donors (Lipinski definition) is 0. The zero-order valence-corrected chi connectivity index (χ0v) is 20.4. The van der Waals surface area contributed by atoms with Crippen molar-refractivity contribution >= 4 is 29.1 Å². The van der Waals surface area contributed by atoms with Gasteiger partial charge < -0.3 is 14.5 Å². The number of halogens is 2. The summed E-state index contributed by atoms with van der Waals surface area (Å²) in [6.07, 6.45) is 6.36. The van der Waals surface area contributed by atoms with Gasteiger partial charge in [0.05, 0.1) is 23.3 Å². The fourth-order valence-corrected chi connectivity index (χ4v) is 6.02. The lowest BCUT2D eigenvalue weighted by Gasteiger charge is -2.49. The summed E-state index contributed by atoms with van der Waals surface area (Å²) >= 11 is 12.7. The van der Waals surface area contributed by atoms with Crippen molar-refractivity contribution < 1.29 is 9.53 Å². The second-order valence-corrected chi connectivity index (χ2v) is 11.1. The van der Waals surface area contributed by atoms with Gasteiger partial charge in [0.15, 0.2) is 0 Å². The predicted octanol–water partition coefficient (Wildman–Crippen LogP) is 4.06. The third kappa shape index (κ3) is 5.12. The van der Waals surface area contributed by atoms with Gasteiger partial charge in [-0.15, -0.1) is 0 Å². The molecule has 5 nitrogen and oxygen atoms in total. The molecule has 5 rings (SSSR count). The van der Waals surface area contributed by atoms with Crippen LogP contribution >= 0.6 is 23.2 Å². The first-order valence-corrected chi connectivity index (χ1v) is 13.1. The first-order chi connectivity index (χ1) is 15.5. The van der Waals surface area contributed by atoms with Crippen molar-refractivity contribution in [2.24, 2.45) is 5.92 Å². The molecule has 0 radical (unpaired) electrons. The van der Waals surface area contributed by atoms with E-state index in [4.69, 9.17) is 27.9 Å². The first kappa shape index (κ1) is 22.9. The van der Waals surface area contributed by atoms with Crippen LogP contribution in [0.5, 0.6) is 0 Å². The maximum atomic E-state index is 13.0. The molecule has 0 aromatic heterocycles. The summed E-state index contributed by atoms with van der Waals surface area (Å²) in [7, 11) is 0. The van der Waals surface area contributed by atoms with Crippen LogP contribution in [0.3, 0.4) is 0 Å². The summed E-state index contributed by atoms with van der Waals surface area (Å²) in [5.74, 6) is 0.968. The summed E-state index contributed by atoms with van der Waals surface area (Å²) in [5.41, 5.74) is 1.19. The van der Waals surface area contributed by atoms with Gasteiger partial charge in [-0.2, -0.15) is 0 Å². The zero-order valence-electron chi connectivity index (χ0n) is 18.9. The Balaban J connectivity index is 1.26. The van der Waals surface area contributed by atoms with Crippen LogP contribution in [0.1, 0.15) is 44.1 Å². The van der Waals surface area contributed by atoms with E-state index in [1.54, 1.807) is 0 Å². The molecule has 0 spiro atoms. The molecule has 0 N–H and O–H groups in total. The van der Waals surface area contributed by atoms with Crippen molar-refractivity contribution in [1.82, 2.24) is 14.7 Å². The number of morpholine rings is 1. The van der Waals surface area contributed by atoms with Crippen LogP contribution in [-0.4, -0.2) is 85.7 Å². The molecular formula is C25H35Cl2N3O2. The Morgan fingerprint density at radius 3 is 2.59 bits per heavy atom. The number of benzene rings is 1. The number of ether oxygens (including phenoxy) is 1. The number of amides is 1. The molecular weight excluding hydrogens is 445 g/mol. The SMILES string of the molecule is O=C(CC1CC1)N1CCC[C@](CCN2CC(N3CCOCC3)C2)(c2ccc(Cl)c(Cl)c2)C1. The molecule has 1 amide bonds. The van der Waals surface area contributed by atoms with Gasteiger partial charge >= 0.3 is 0 Å². The molecule has 3 heterocycles. The van der Waals surface area contributed by atoms with Crippen molar-refractivity contribution in [2.45, 2.75) is 50.0 Å². The van der Waals surface area contributed by atoms with Gasteiger partial charge in [-0.1, -0.05) is 29.3 Å². The third-order valence-electron chi connectivity index (χ3n) is 8.03. The van der Waals surface area contributed by atoms with Gasteiger partial charge in [-0.3, -0.25) is 9.69 Å². The molecule has 7 heteroatoms. The van der Waals surface area contributed by atoms with Crippen molar-refractivity contribution in [3.8, 4) is 0 Å². The van der Waals surface area contributed by atoms with Crippen LogP contribution in [0, 0.1) is 5.92 Å². The summed E-state index contributed by atoms with van der Waals surface area (Å²) in [6.45, 7) is 8.88. The van der Waals surface area contributed by atoms with Gasteiger partial charge in [-0.05, 0) is 62.3 Å². The normalized spacial score (nSPS) is 28.0. The van der Waals surface area contributed by atoms with Crippen molar-refractivity contribution in [3.63, 3.8) is 0 Å². The average molecular weight is 480 g/mol. The monoisotopic (exact) mass is 479 g/mol. The van der Waals surface area contributed by atoms with Crippen LogP contribution in [0.4, 0.5) is 0 Å². The van der Waals surface area contributed by atoms with Gasteiger partial charge in [0, 0.05) is 57.1 Å². The highest BCUT2D eigenvalue weighted by Crippen LogP contribution is 2.41. The number of likely N-dealkylation sites (tertiary alicyclic amines) is 2. The van der Waals surface area contributed by atoms with E-state index >= 15 is 0 Å². The molecule has 4 fully saturated rings. The van der Waals surface area contributed by atoms with E-state index in [1.807, 2.05) is 12.1 Å². The first-order valence-electron chi connectivity index (χ1n) is 12.3. The Labute approximate surface area is 202 Å². The number of carbonyl (C=O) groups is 1. The van der Waals surface area contributed by atoms with Gasteiger partial charge in [-0.25, -0.2) is 0 Å². The average Bonchev–Trinajstić information content (AvgIpc) is 3.59. The summed E-state index contributed by atoms with van der Waals surface area (Å²) in [5, 5.41) is 1.21. The summed E-state index contributed by atoms with van der Waals surface area (Å²) in [4.78, 5) is 20.3. The van der Waals surface area contributed by atoms with E-state index in [1.165, 1.54) is 18.4 Å². The van der Waals surface area contributed by atoms with E-state index in [9.17, 15) is 4.79 Å². The van der Waals surface area contributed by atoms with E-state index in [-0.39, 0.29) is 5.41 Å². The van der Waals surface area contributed by atoms with Gasteiger partial charge in [0.2, 0.25) is 5.91 Å².